The Morgan fingerprint density at radius 1 is 1.25 bits per heavy atom. The standard InChI is InChI=1S/C20H26O4/c1-18(2,24)12-6-7-14-13(10-12)15(21)11-16-19(14,3)8-5-9-20(16,4)17(22)23/h6-7,10,16,24H,5,8-9,11H2,1-4H3,(H,22,23)/t16-,19-,20+/m1/s1. The van der Waals surface area contributed by atoms with Gasteiger partial charge < -0.3 is 10.2 Å². The van der Waals surface area contributed by atoms with Crippen molar-refractivity contribution >= 4 is 11.8 Å². The summed E-state index contributed by atoms with van der Waals surface area (Å²) in [6.07, 6.45) is 2.62. The summed E-state index contributed by atoms with van der Waals surface area (Å²) in [5.74, 6) is -1.00. The van der Waals surface area contributed by atoms with Gasteiger partial charge >= 0.3 is 5.97 Å². The fraction of sp³-hybridized carbons (Fsp3) is 0.600. The average Bonchev–Trinajstić information content (AvgIpc) is 2.48. The topological polar surface area (TPSA) is 74.6 Å². The smallest absolute Gasteiger partial charge is 0.309 e. The van der Waals surface area contributed by atoms with Crippen LogP contribution in [0.4, 0.5) is 0 Å². The maximum absolute atomic E-state index is 12.8. The number of aliphatic carboxylic acids is 1. The summed E-state index contributed by atoms with van der Waals surface area (Å²) in [6, 6.07) is 5.60. The molecule has 1 saturated carbocycles. The number of fused-ring (bicyclic) bond motifs is 3. The zero-order valence-corrected chi connectivity index (χ0v) is 14.8. The van der Waals surface area contributed by atoms with Crippen molar-refractivity contribution in [3.8, 4) is 0 Å². The van der Waals surface area contributed by atoms with Gasteiger partial charge in [-0.2, -0.15) is 0 Å². The largest absolute Gasteiger partial charge is 0.481 e. The highest BCUT2D eigenvalue weighted by Crippen LogP contribution is 2.57. The average molecular weight is 330 g/mol. The summed E-state index contributed by atoms with van der Waals surface area (Å²) in [6.45, 7) is 7.30. The van der Waals surface area contributed by atoms with Crippen LogP contribution in [-0.2, 0) is 15.8 Å². The molecule has 0 aliphatic heterocycles. The first-order valence-corrected chi connectivity index (χ1v) is 8.64. The number of Topliss-reactive ketones (excluding diaryl/α,β-unsaturated/α-hetero) is 1. The van der Waals surface area contributed by atoms with Crippen molar-refractivity contribution in [2.24, 2.45) is 11.3 Å². The van der Waals surface area contributed by atoms with E-state index in [1.807, 2.05) is 12.1 Å². The molecule has 1 fully saturated rings. The van der Waals surface area contributed by atoms with Crippen LogP contribution in [0, 0.1) is 11.3 Å². The van der Waals surface area contributed by atoms with Crippen LogP contribution >= 0.6 is 0 Å². The number of carbonyl (C=O) groups is 2. The van der Waals surface area contributed by atoms with Crippen LogP contribution in [0.3, 0.4) is 0 Å². The minimum absolute atomic E-state index is 0.00653. The molecule has 130 valence electrons. The van der Waals surface area contributed by atoms with Gasteiger partial charge in [0, 0.05) is 12.0 Å². The van der Waals surface area contributed by atoms with Crippen molar-refractivity contribution in [2.45, 2.75) is 64.4 Å². The molecule has 0 amide bonds. The third-order valence-corrected chi connectivity index (χ3v) is 6.45. The highest BCUT2D eigenvalue weighted by molar-refractivity contribution is 6.00. The summed E-state index contributed by atoms with van der Waals surface area (Å²) < 4.78 is 0. The van der Waals surface area contributed by atoms with Crippen LogP contribution in [0.25, 0.3) is 0 Å². The van der Waals surface area contributed by atoms with E-state index < -0.39 is 17.0 Å². The van der Waals surface area contributed by atoms with Gasteiger partial charge in [0.15, 0.2) is 5.78 Å². The van der Waals surface area contributed by atoms with E-state index >= 15 is 0 Å². The molecule has 2 N–H and O–H groups in total. The van der Waals surface area contributed by atoms with Crippen LogP contribution in [-0.4, -0.2) is 22.0 Å². The molecule has 2 aliphatic carbocycles. The summed E-state index contributed by atoms with van der Waals surface area (Å²) in [5.41, 5.74) is 0.137. The summed E-state index contributed by atoms with van der Waals surface area (Å²) >= 11 is 0. The molecule has 0 radical (unpaired) electrons. The zero-order valence-electron chi connectivity index (χ0n) is 14.8. The molecule has 4 heteroatoms. The van der Waals surface area contributed by atoms with Gasteiger partial charge in [-0.15, -0.1) is 0 Å². The van der Waals surface area contributed by atoms with Gasteiger partial charge in [-0.3, -0.25) is 9.59 Å². The Morgan fingerprint density at radius 3 is 2.50 bits per heavy atom. The molecule has 1 aromatic carbocycles. The molecule has 0 spiro atoms. The number of carboxylic acids is 1. The molecular weight excluding hydrogens is 304 g/mol. The lowest BCUT2D eigenvalue weighted by Crippen LogP contribution is -2.53. The fourth-order valence-corrected chi connectivity index (χ4v) is 4.85. The van der Waals surface area contributed by atoms with Gasteiger partial charge in [-0.1, -0.05) is 25.5 Å². The van der Waals surface area contributed by atoms with Crippen molar-refractivity contribution in [3.63, 3.8) is 0 Å². The molecule has 0 heterocycles. The lowest BCUT2D eigenvalue weighted by Gasteiger charge is -2.53. The Labute approximate surface area is 142 Å². The molecular formula is C20H26O4. The lowest BCUT2D eigenvalue weighted by molar-refractivity contribution is -0.156. The monoisotopic (exact) mass is 330 g/mol. The van der Waals surface area contributed by atoms with Crippen LogP contribution in [0.5, 0.6) is 0 Å². The van der Waals surface area contributed by atoms with E-state index in [4.69, 9.17) is 0 Å². The molecule has 0 unspecified atom stereocenters. The number of carboxylic acid groups (broad SMARTS) is 1. The molecule has 3 rings (SSSR count). The third kappa shape index (κ3) is 2.31. The van der Waals surface area contributed by atoms with E-state index in [0.717, 1.165) is 18.4 Å². The van der Waals surface area contributed by atoms with E-state index in [9.17, 15) is 19.8 Å². The van der Waals surface area contributed by atoms with E-state index in [1.54, 1.807) is 26.8 Å². The minimum atomic E-state index is -1.00. The first kappa shape index (κ1) is 17.2. The van der Waals surface area contributed by atoms with Crippen LogP contribution in [0.2, 0.25) is 0 Å². The highest BCUT2D eigenvalue weighted by atomic mass is 16.4. The number of hydrogen-bond donors (Lipinski definition) is 2. The van der Waals surface area contributed by atoms with Crippen molar-refractivity contribution in [2.75, 3.05) is 0 Å². The second-order valence-corrected chi connectivity index (χ2v) is 8.49. The maximum Gasteiger partial charge on any atom is 0.309 e. The third-order valence-electron chi connectivity index (χ3n) is 6.45. The van der Waals surface area contributed by atoms with E-state index in [1.165, 1.54) is 0 Å². The molecule has 0 bridgehead atoms. The first-order valence-electron chi connectivity index (χ1n) is 8.64. The van der Waals surface area contributed by atoms with Gasteiger partial charge in [0.25, 0.3) is 0 Å². The van der Waals surface area contributed by atoms with Gasteiger partial charge in [0.2, 0.25) is 0 Å². The van der Waals surface area contributed by atoms with Gasteiger partial charge in [0.1, 0.15) is 0 Å². The molecule has 0 aromatic heterocycles. The predicted molar refractivity (Wildman–Crippen MR) is 91.1 cm³/mol. The molecule has 1 aromatic rings. The first-order chi connectivity index (χ1) is 11.0. The Balaban J connectivity index is 2.16. The Morgan fingerprint density at radius 2 is 1.92 bits per heavy atom. The Hall–Kier alpha value is -1.68. The summed E-state index contributed by atoms with van der Waals surface area (Å²) in [4.78, 5) is 24.7. The predicted octanol–water partition coefficient (Wildman–Crippen LogP) is 3.65. The molecule has 0 saturated heterocycles. The number of carbonyl (C=O) groups excluding carboxylic acids is 1. The number of rotatable bonds is 2. The van der Waals surface area contributed by atoms with Gasteiger partial charge in [-0.05, 0) is 62.1 Å². The molecule has 3 atom stereocenters. The highest BCUT2D eigenvalue weighted by Gasteiger charge is 2.56. The maximum atomic E-state index is 12.8. The quantitative estimate of drug-likeness (QED) is 0.868. The second-order valence-electron chi connectivity index (χ2n) is 8.49. The fourth-order valence-electron chi connectivity index (χ4n) is 4.85. The van der Waals surface area contributed by atoms with Crippen LogP contribution < -0.4 is 0 Å². The Kier molecular flexibility index (Phi) is 3.69. The minimum Gasteiger partial charge on any atom is -0.481 e. The lowest BCUT2D eigenvalue weighted by atomic mass is 9.49. The number of benzene rings is 1. The number of hydrogen-bond acceptors (Lipinski definition) is 3. The Bertz CT molecular complexity index is 715. The number of aliphatic hydroxyl groups is 1. The SMILES string of the molecule is CC(C)(O)c1ccc2c(c1)C(=O)C[C@H]1[C@@](C)(C(=O)O)CCC[C@]21C. The number of ketones is 1. The van der Waals surface area contributed by atoms with Gasteiger partial charge in [0.05, 0.1) is 11.0 Å². The zero-order chi connectivity index (χ0) is 17.9. The van der Waals surface area contributed by atoms with E-state index in [-0.39, 0.29) is 23.5 Å². The van der Waals surface area contributed by atoms with Gasteiger partial charge in [-0.25, -0.2) is 0 Å². The van der Waals surface area contributed by atoms with E-state index in [2.05, 4.69) is 6.92 Å². The normalized spacial score (nSPS) is 32.9. The van der Waals surface area contributed by atoms with Crippen LogP contribution in [0.15, 0.2) is 18.2 Å². The van der Waals surface area contributed by atoms with E-state index in [0.29, 0.717) is 17.5 Å². The van der Waals surface area contributed by atoms with Crippen molar-refractivity contribution in [1.82, 2.24) is 0 Å². The summed E-state index contributed by atoms with van der Waals surface area (Å²) in [5, 5.41) is 20.0. The van der Waals surface area contributed by atoms with Crippen molar-refractivity contribution < 1.29 is 19.8 Å². The molecule has 24 heavy (non-hydrogen) atoms. The second kappa shape index (κ2) is 5.16. The molecule has 2 aliphatic rings. The molecule has 4 nitrogen and oxygen atoms in total. The van der Waals surface area contributed by atoms with Crippen LogP contribution in [0.1, 0.15) is 74.9 Å². The van der Waals surface area contributed by atoms with Crippen molar-refractivity contribution in [3.05, 3.63) is 34.9 Å². The van der Waals surface area contributed by atoms with Crippen molar-refractivity contribution in [1.29, 1.82) is 0 Å². The summed E-state index contributed by atoms with van der Waals surface area (Å²) in [7, 11) is 0.